The molecular formula is C17H18FNOS. The third-order valence-electron chi connectivity index (χ3n) is 3.05. The second kappa shape index (κ2) is 7.84. The SMILES string of the molecule is C[C@@H](Sc1ccc(F)cc1)C(=O)NCCc1ccccc1. The molecule has 0 aliphatic rings. The molecule has 1 atom stereocenters. The fraction of sp³-hybridized carbons (Fsp3) is 0.235. The largest absolute Gasteiger partial charge is 0.355 e. The van der Waals surface area contributed by atoms with Crippen LogP contribution in [-0.2, 0) is 11.2 Å². The maximum Gasteiger partial charge on any atom is 0.233 e. The van der Waals surface area contributed by atoms with Crippen LogP contribution in [0.1, 0.15) is 12.5 Å². The number of carbonyl (C=O) groups excluding carboxylic acids is 1. The Bertz CT molecular complexity index is 571. The van der Waals surface area contributed by atoms with E-state index in [4.69, 9.17) is 0 Å². The van der Waals surface area contributed by atoms with E-state index in [1.807, 2.05) is 37.3 Å². The highest BCUT2D eigenvalue weighted by Gasteiger charge is 2.13. The number of rotatable bonds is 6. The minimum absolute atomic E-state index is 0.000237. The lowest BCUT2D eigenvalue weighted by atomic mass is 10.1. The monoisotopic (exact) mass is 303 g/mol. The Labute approximate surface area is 128 Å². The summed E-state index contributed by atoms with van der Waals surface area (Å²) in [6, 6.07) is 16.2. The lowest BCUT2D eigenvalue weighted by Crippen LogP contribution is -2.32. The molecule has 0 heterocycles. The number of thioether (sulfide) groups is 1. The molecular weight excluding hydrogens is 285 g/mol. The summed E-state index contributed by atoms with van der Waals surface area (Å²) in [7, 11) is 0. The van der Waals surface area contributed by atoms with Crippen LogP contribution in [0.3, 0.4) is 0 Å². The maximum absolute atomic E-state index is 12.8. The Kier molecular flexibility index (Phi) is 5.81. The Morgan fingerprint density at radius 2 is 1.81 bits per heavy atom. The number of nitrogens with one attached hydrogen (secondary N) is 1. The molecule has 1 N–H and O–H groups in total. The molecule has 0 bridgehead atoms. The van der Waals surface area contributed by atoms with Gasteiger partial charge in [-0.05, 0) is 43.2 Å². The topological polar surface area (TPSA) is 29.1 Å². The number of carbonyl (C=O) groups is 1. The molecule has 2 nitrogen and oxygen atoms in total. The van der Waals surface area contributed by atoms with E-state index in [-0.39, 0.29) is 17.0 Å². The Balaban J connectivity index is 1.76. The predicted molar refractivity (Wildman–Crippen MR) is 84.9 cm³/mol. The zero-order valence-corrected chi connectivity index (χ0v) is 12.7. The summed E-state index contributed by atoms with van der Waals surface area (Å²) in [5, 5.41) is 2.73. The molecule has 0 aliphatic heterocycles. The van der Waals surface area contributed by atoms with Gasteiger partial charge < -0.3 is 5.32 Å². The van der Waals surface area contributed by atoms with E-state index in [1.165, 1.54) is 29.5 Å². The highest BCUT2D eigenvalue weighted by molar-refractivity contribution is 8.00. The predicted octanol–water partition coefficient (Wildman–Crippen LogP) is 3.67. The minimum Gasteiger partial charge on any atom is -0.355 e. The van der Waals surface area contributed by atoms with Crippen molar-refractivity contribution in [3.8, 4) is 0 Å². The average molecular weight is 303 g/mol. The third kappa shape index (κ3) is 5.23. The number of halogens is 1. The lowest BCUT2D eigenvalue weighted by Gasteiger charge is -2.12. The second-order valence-corrected chi connectivity index (χ2v) is 6.15. The van der Waals surface area contributed by atoms with Crippen LogP contribution >= 0.6 is 11.8 Å². The molecule has 2 rings (SSSR count). The summed E-state index contributed by atoms with van der Waals surface area (Å²) in [6.45, 7) is 2.48. The van der Waals surface area contributed by atoms with Crippen LogP contribution in [0.4, 0.5) is 4.39 Å². The number of hydrogen-bond donors (Lipinski definition) is 1. The fourth-order valence-corrected chi connectivity index (χ4v) is 2.78. The van der Waals surface area contributed by atoms with E-state index in [2.05, 4.69) is 5.32 Å². The van der Waals surface area contributed by atoms with E-state index in [9.17, 15) is 9.18 Å². The van der Waals surface area contributed by atoms with Crippen LogP contribution in [0.2, 0.25) is 0 Å². The van der Waals surface area contributed by atoms with E-state index < -0.39 is 0 Å². The van der Waals surface area contributed by atoms with Crippen molar-refractivity contribution >= 4 is 17.7 Å². The van der Waals surface area contributed by atoms with Gasteiger partial charge in [-0.3, -0.25) is 4.79 Å². The third-order valence-corrected chi connectivity index (χ3v) is 4.16. The summed E-state index contributed by atoms with van der Waals surface area (Å²) in [6.07, 6.45) is 0.820. The number of amides is 1. The van der Waals surface area contributed by atoms with Crippen molar-refractivity contribution in [3.05, 3.63) is 66.0 Å². The van der Waals surface area contributed by atoms with Gasteiger partial charge in [0.25, 0.3) is 0 Å². The molecule has 21 heavy (non-hydrogen) atoms. The van der Waals surface area contributed by atoms with Crippen LogP contribution in [0.5, 0.6) is 0 Å². The van der Waals surface area contributed by atoms with Gasteiger partial charge in [-0.2, -0.15) is 0 Å². The zero-order chi connectivity index (χ0) is 15.1. The molecule has 0 saturated carbocycles. The Morgan fingerprint density at radius 1 is 1.14 bits per heavy atom. The van der Waals surface area contributed by atoms with Crippen LogP contribution in [0.15, 0.2) is 59.5 Å². The van der Waals surface area contributed by atoms with Crippen LogP contribution < -0.4 is 5.32 Å². The Morgan fingerprint density at radius 3 is 2.48 bits per heavy atom. The highest BCUT2D eigenvalue weighted by atomic mass is 32.2. The van der Waals surface area contributed by atoms with Gasteiger partial charge in [-0.15, -0.1) is 11.8 Å². The minimum atomic E-state index is -0.265. The second-order valence-electron chi connectivity index (χ2n) is 4.74. The molecule has 0 saturated heterocycles. The van der Waals surface area contributed by atoms with Gasteiger partial charge >= 0.3 is 0 Å². The summed E-state index contributed by atoms with van der Waals surface area (Å²) in [5.74, 6) is -0.264. The first-order valence-corrected chi connectivity index (χ1v) is 7.77. The smallest absolute Gasteiger partial charge is 0.233 e. The van der Waals surface area contributed by atoms with Gasteiger partial charge in [0, 0.05) is 11.4 Å². The van der Waals surface area contributed by atoms with Gasteiger partial charge in [0.1, 0.15) is 5.82 Å². The van der Waals surface area contributed by atoms with Gasteiger partial charge in [0.15, 0.2) is 0 Å². The lowest BCUT2D eigenvalue weighted by molar-refractivity contribution is -0.120. The standard InChI is InChI=1S/C17H18FNOS/c1-13(21-16-9-7-15(18)8-10-16)17(20)19-12-11-14-5-3-2-4-6-14/h2-10,13H,11-12H2,1H3,(H,19,20)/t13-/m1/s1. The van der Waals surface area contributed by atoms with Gasteiger partial charge in [-0.25, -0.2) is 4.39 Å². The molecule has 0 aliphatic carbocycles. The Hall–Kier alpha value is -1.81. The summed E-state index contributed by atoms with van der Waals surface area (Å²) in [4.78, 5) is 12.9. The summed E-state index contributed by atoms with van der Waals surface area (Å²) >= 11 is 1.43. The van der Waals surface area contributed by atoms with Crippen LogP contribution in [0, 0.1) is 5.82 Å². The molecule has 2 aromatic carbocycles. The molecule has 1 amide bonds. The van der Waals surface area contributed by atoms with Gasteiger partial charge in [0.2, 0.25) is 5.91 Å². The van der Waals surface area contributed by atoms with Crippen molar-refractivity contribution in [2.45, 2.75) is 23.5 Å². The first-order valence-electron chi connectivity index (χ1n) is 6.89. The number of hydrogen-bond acceptors (Lipinski definition) is 2. The molecule has 4 heteroatoms. The average Bonchev–Trinajstić information content (AvgIpc) is 2.50. The van der Waals surface area contributed by atoms with Gasteiger partial charge in [-0.1, -0.05) is 30.3 Å². The first kappa shape index (κ1) is 15.6. The van der Waals surface area contributed by atoms with Crippen molar-refractivity contribution in [1.82, 2.24) is 5.32 Å². The highest BCUT2D eigenvalue weighted by Crippen LogP contribution is 2.23. The van der Waals surface area contributed by atoms with Gasteiger partial charge in [0.05, 0.1) is 5.25 Å². The van der Waals surface area contributed by atoms with Crippen molar-refractivity contribution in [2.75, 3.05) is 6.54 Å². The van der Waals surface area contributed by atoms with E-state index in [0.717, 1.165) is 11.3 Å². The fourth-order valence-electron chi connectivity index (χ4n) is 1.89. The zero-order valence-electron chi connectivity index (χ0n) is 11.9. The first-order chi connectivity index (χ1) is 10.1. The van der Waals surface area contributed by atoms with Crippen LogP contribution in [-0.4, -0.2) is 17.7 Å². The van der Waals surface area contributed by atoms with Crippen LogP contribution in [0.25, 0.3) is 0 Å². The quantitative estimate of drug-likeness (QED) is 0.825. The number of benzene rings is 2. The van der Waals surface area contributed by atoms with Crippen molar-refractivity contribution < 1.29 is 9.18 Å². The normalized spacial score (nSPS) is 11.9. The molecule has 0 spiro atoms. The van der Waals surface area contributed by atoms with E-state index in [1.54, 1.807) is 12.1 Å². The molecule has 0 fully saturated rings. The van der Waals surface area contributed by atoms with Crippen molar-refractivity contribution in [3.63, 3.8) is 0 Å². The molecule has 0 aromatic heterocycles. The molecule has 0 unspecified atom stereocenters. The van der Waals surface area contributed by atoms with E-state index in [0.29, 0.717) is 6.54 Å². The maximum atomic E-state index is 12.8. The summed E-state index contributed by atoms with van der Waals surface area (Å²) < 4.78 is 12.8. The molecule has 110 valence electrons. The molecule has 0 radical (unpaired) electrons. The van der Waals surface area contributed by atoms with Crippen molar-refractivity contribution in [2.24, 2.45) is 0 Å². The summed E-state index contributed by atoms with van der Waals surface area (Å²) in [5.41, 5.74) is 1.21. The van der Waals surface area contributed by atoms with Crippen molar-refractivity contribution in [1.29, 1.82) is 0 Å². The van der Waals surface area contributed by atoms with E-state index >= 15 is 0 Å². The molecule has 2 aromatic rings.